The summed E-state index contributed by atoms with van der Waals surface area (Å²) in [6.45, 7) is 11.2. The van der Waals surface area contributed by atoms with Crippen LogP contribution in [0.3, 0.4) is 0 Å². The van der Waals surface area contributed by atoms with Gasteiger partial charge in [-0.3, -0.25) is 4.98 Å². The second kappa shape index (κ2) is 8.25. The summed E-state index contributed by atoms with van der Waals surface area (Å²) in [4.78, 5) is 4.53. The van der Waals surface area contributed by atoms with E-state index < -0.39 is 0 Å². The van der Waals surface area contributed by atoms with E-state index in [1.54, 1.807) is 0 Å². The lowest BCUT2D eigenvalue weighted by Crippen LogP contribution is -2.22. The Morgan fingerprint density at radius 2 is 2.00 bits per heavy atom. The second-order valence-electron chi connectivity index (χ2n) is 5.71. The molecule has 0 saturated heterocycles. The topological polar surface area (TPSA) is 24.9 Å². The van der Waals surface area contributed by atoms with Crippen molar-refractivity contribution in [1.82, 2.24) is 10.3 Å². The molecule has 2 nitrogen and oxygen atoms in total. The van der Waals surface area contributed by atoms with E-state index in [1.165, 1.54) is 17.7 Å². The Morgan fingerprint density at radius 3 is 2.56 bits per heavy atom. The van der Waals surface area contributed by atoms with Gasteiger partial charge in [-0.15, -0.1) is 0 Å². The molecule has 0 aliphatic rings. The number of hydrogen-bond acceptors (Lipinski definition) is 2. The lowest BCUT2D eigenvalue weighted by molar-refractivity contribution is 0.471. The van der Waals surface area contributed by atoms with Gasteiger partial charge in [-0.1, -0.05) is 33.8 Å². The molecule has 0 saturated carbocycles. The van der Waals surface area contributed by atoms with Crippen molar-refractivity contribution in [3.63, 3.8) is 0 Å². The van der Waals surface area contributed by atoms with Crippen molar-refractivity contribution in [3.8, 4) is 0 Å². The minimum Gasteiger partial charge on any atom is -0.316 e. The van der Waals surface area contributed by atoms with Gasteiger partial charge in [0.1, 0.15) is 0 Å². The summed E-state index contributed by atoms with van der Waals surface area (Å²) in [5, 5.41) is 3.50. The zero-order chi connectivity index (χ0) is 13.4. The average Bonchev–Trinajstić information content (AvgIpc) is 2.35. The summed E-state index contributed by atoms with van der Waals surface area (Å²) < 4.78 is 0. The third-order valence-electron chi connectivity index (χ3n) is 3.22. The van der Waals surface area contributed by atoms with Gasteiger partial charge < -0.3 is 5.32 Å². The van der Waals surface area contributed by atoms with E-state index in [0.29, 0.717) is 5.92 Å². The van der Waals surface area contributed by atoms with Crippen molar-refractivity contribution >= 4 is 0 Å². The average molecular weight is 248 g/mol. The molecule has 1 rings (SSSR count). The Bertz CT molecular complexity index is 316. The first-order chi connectivity index (χ1) is 8.61. The molecule has 0 bridgehead atoms. The van der Waals surface area contributed by atoms with Crippen LogP contribution in [0.25, 0.3) is 0 Å². The van der Waals surface area contributed by atoms with E-state index in [2.05, 4.69) is 50.1 Å². The fourth-order valence-electron chi connectivity index (χ4n) is 1.98. The van der Waals surface area contributed by atoms with Crippen molar-refractivity contribution in [2.45, 2.75) is 47.0 Å². The van der Waals surface area contributed by atoms with Crippen LogP contribution in [-0.4, -0.2) is 18.1 Å². The molecular weight excluding hydrogens is 220 g/mol. The molecule has 0 aliphatic heterocycles. The molecule has 1 atom stereocenters. The van der Waals surface area contributed by atoms with Crippen molar-refractivity contribution in [1.29, 1.82) is 0 Å². The first kappa shape index (κ1) is 15.2. The summed E-state index contributed by atoms with van der Waals surface area (Å²) >= 11 is 0. The van der Waals surface area contributed by atoms with E-state index in [9.17, 15) is 0 Å². The van der Waals surface area contributed by atoms with Crippen molar-refractivity contribution < 1.29 is 0 Å². The second-order valence-corrected chi connectivity index (χ2v) is 5.71. The highest BCUT2D eigenvalue weighted by atomic mass is 14.8. The van der Waals surface area contributed by atoms with Gasteiger partial charge in [-0.25, -0.2) is 0 Å². The van der Waals surface area contributed by atoms with Gasteiger partial charge in [0.25, 0.3) is 0 Å². The Morgan fingerprint density at radius 1 is 1.22 bits per heavy atom. The van der Waals surface area contributed by atoms with Gasteiger partial charge in [0.05, 0.1) is 0 Å². The fraction of sp³-hybridized carbons (Fsp3) is 0.688. The van der Waals surface area contributed by atoms with Crippen LogP contribution in [0.2, 0.25) is 0 Å². The highest BCUT2D eigenvalue weighted by Gasteiger charge is 2.05. The van der Waals surface area contributed by atoms with Gasteiger partial charge in [-0.2, -0.15) is 0 Å². The summed E-state index contributed by atoms with van der Waals surface area (Å²) in [6.07, 6.45) is 5.40. The van der Waals surface area contributed by atoms with Gasteiger partial charge in [0.2, 0.25) is 0 Å². The lowest BCUT2D eigenvalue weighted by Gasteiger charge is -2.12. The fourth-order valence-corrected chi connectivity index (χ4v) is 1.98. The summed E-state index contributed by atoms with van der Waals surface area (Å²) in [5.74, 6) is 1.44. The molecular formula is C16H28N2. The molecule has 1 heterocycles. The standard InChI is InChI=1S/C16H28N2/c1-5-15-6-7-16(18-12-15)10-14(4)8-9-17-11-13(2)3/h6-7,12-14,17H,5,8-11H2,1-4H3. The minimum atomic E-state index is 0.699. The highest BCUT2D eigenvalue weighted by Crippen LogP contribution is 2.10. The summed E-state index contributed by atoms with van der Waals surface area (Å²) in [7, 11) is 0. The van der Waals surface area contributed by atoms with Crippen LogP contribution in [0.15, 0.2) is 18.3 Å². The van der Waals surface area contributed by atoms with Crippen LogP contribution < -0.4 is 5.32 Å². The van der Waals surface area contributed by atoms with Crippen LogP contribution in [-0.2, 0) is 12.8 Å². The molecule has 0 fully saturated rings. The molecule has 1 N–H and O–H groups in total. The van der Waals surface area contributed by atoms with Crippen molar-refractivity contribution in [2.75, 3.05) is 13.1 Å². The van der Waals surface area contributed by atoms with Crippen LogP contribution in [0.5, 0.6) is 0 Å². The van der Waals surface area contributed by atoms with Gasteiger partial charge >= 0.3 is 0 Å². The number of nitrogens with one attached hydrogen (secondary N) is 1. The van der Waals surface area contributed by atoms with Crippen molar-refractivity contribution in [3.05, 3.63) is 29.6 Å². The molecule has 0 aliphatic carbocycles. The van der Waals surface area contributed by atoms with Crippen LogP contribution in [0.4, 0.5) is 0 Å². The molecule has 2 heteroatoms. The van der Waals surface area contributed by atoms with Crippen LogP contribution in [0, 0.1) is 11.8 Å². The number of hydrogen-bond donors (Lipinski definition) is 1. The molecule has 1 unspecified atom stereocenters. The molecule has 0 spiro atoms. The summed E-state index contributed by atoms with van der Waals surface area (Å²) in [6, 6.07) is 4.38. The maximum atomic E-state index is 4.53. The Labute approximate surface area is 112 Å². The normalized spacial score (nSPS) is 12.9. The number of nitrogens with zero attached hydrogens (tertiary/aromatic N) is 1. The maximum Gasteiger partial charge on any atom is 0.0406 e. The number of aryl methyl sites for hydroxylation is 1. The van der Waals surface area contributed by atoms with E-state index in [4.69, 9.17) is 0 Å². The largest absolute Gasteiger partial charge is 0.316 e. The molecule has 0 radical (unpaired) electrons. The zero-order valence-corrected chi connectivity index (χ0v) is 12.4. The SMILES string of the molecule is CCc1ccc(CC(C)CCNCC(C)C)nc1. The molecule has 1 aromatic heterocycles. The van der Waals surface area contributed by atoms with Gasteiger partial charge in [0, 0.05) is 11.9 Å². The third kappa shape index (κ3) is 6.15. The monoisotopic (exact) mass is 248 g/mol. The Kier molecular flexibility index (Phi) is 6.96. The van der Waals surface area contributed by atoms with E-state index in [0.717, 1.165) is 31.8 Å². The van der Waals surface area contributed by atoms with Gasteiger partial charge in [0.15, 0.2) is 0 Å². The predicted molar refractivity (Wildman–Crippen MR) is 78.8 cm³/mol. The number of aromatic nitrogens is 1. The minimum absolute atomic E-state index is 0.699. The zero-order valence-electron chi connectivity index (χ0n) is 12.4. The molecule has 18 heavy (non-hydrogen) atoms. The summed E-state index contributed by atoms with van der Waals surface area (Å²) in [5.41, 5.74) is 2.55. The molecule has 102 valence electrons. The third-order valence-corrected chi connectivity index (χ3v) is 3.22. The van der Waals surface area contributed by atoms with Crippen LogP contribution >= 0.6 is 0 Å². The van der Waals surface area contributed by atoms with Crippen LogP contribution in [0.1, 0.15) is 45.4 Å². The smallest absolute Gasteiger partial charge is 0.0406 e. The number of rotatable bonds is 8. The first-order valence-electron chi connectivity index (χ1n) is 7.26. The Balaban J connectivity index is 2.24. The van der Waals surface area contributed by atoms with Gasteiger partial charge in [-0.05, 0) is 55.8 Å². The highest BCUT2D eigenvalue weighted by molar-refractivity contribution is 5.14. The maximum absolute atomic E-state index is 4.53. The van der Waals surface area contributed by atoms with Crippen molar-refractivity contribution in [2.24, 2.45) is 11.8 Å². The predicted octanol–water partition coefficient (Wildman–Crippen LogP) is 3.46. The van der Waals surface area contributed by atoms with E-state index in [-0.39, 0.29) is 0 Å². The number of pyridine rings is 1. The van der Waals surface area contributed by atoms with E-state index >= 15 is 0 Å². The molecule has 0 aromatic carbocycles. The Hall–Kier alpha value is -0.890. The lowest BCUT2D eigenvalue weighted by atomic mass is 10.0. The van der Waals surface area contributed by atoms with E-state index in [1.807, 2.05) is 6.20 Å². The molecule has 0 amide bonds. The first-order valence-corrected chi connectivity index (χ1v) is 7.26. The molecule has 1 aromatic rings. The quantitative estimate of drug-likeness (QED) is 0.713.